The highest BCUT2D eigenvalue weighted by Crippen LogP contribution is 2.39. The van der Waals surface area contributed by atoms with Crippen LogP contribution in [0.2, 0.25) is 0 Å². The lowest BCUT2D eigenvalue weighted by molar-refractivity contribution is 0.0988. The van der Waals surface area contributed by atoms with Gasteiger partial charge in [0.1, 0.15) is 11.5 Å². The molecule has 2 aromatic rings. The number of aromatic nitrogens is 2. The van der Waals surface area contributed by atoms with Crippen molar-refractivity contribution in [3.63, 3.8) is 0 Å². The molecule has 2 heterocycles. The van der Waals surface area contributed by atoms with Crippen LogP contribution in [0.5, 0.6) is 0 Å². The molecule has 0 saturated heterocycles. The van der Waals surface area contributed by atoms with E-state index in [1.54, 1.807) is 19.1 Å². The summed E-state index contributed by atoms with van der Waals surface area (Å²) < 4.78 is 15.6. The topological polar surface area (TPSA) is 90.2 Å². The van der Waals surface area contributed by atoms with Crippen LogP contribution in [0, 0.1) is 18.2 Å². The van der Waals surface area contributed by atoms with Crippen molar-refractivity contribution >= 4 is 5.91 Å². The average molecular weight is 402 g/mol. The number of fused-ring (bicyclic) bond motifs is 1. The summed E-state index contributed by atoms with van der Waals surface area (Å²) in [6, 6.07) is 4.65. The Hall–Kier alpha value is -2.83. The Morgan fingerprint density at radius 3 is 2.38 bits per heavy atom. The molecule has 0 aliphatic carbocycles. The summed E-state index contributed by atoms with van der Waals surface area (Å²) in [6.45, 7) is 16.9. The van der Waals surface area contributed by atoms with Gasteiger partial charge in [-0.1, -0.05) is 41.2 Å². The molecule has 158 valence electrons. The van der Waals surface area contributed by atoms with Crippen LogP contribution in [0.1, 0.15) is 62.3 Å². The second kappa shape index (κ2) is 8.27. The molecule has 1 aliphatic rings. The number of primary amides is 1. The van der Waals surface area contributed by atoms with Gasteiger partial charge < -0.3 is 16.4 Å². The number of rotatable bonds is 3. The van der Waals surface area contributed by atoms with Crippen LogP contribution < -0.4 is 11.5 Å². The zero-order valence-electron chi connectivity index (χ0n) is 18.2. The van der Waals surface area contributed by atoms with Crippen LogP contribution in [0.3, 0.4) is 0 Å². The van der Waals surface area contributed by atoms with Gasteiger partial charge >= 0.3 is 0 Å². The monoisotopic (exact) mass is 401 g/mol. The summed E-state index contributed by atoms with van der Waals surface area (Å²) in [4.78, 5) is 14.3. The highest BCUT2D eigenvalue weighted by molar-refractivity contribution is 6.00. The highest BCUT2D eigenvalue weighted by Gasteiger charge is 2.38. The number of benzene rings is 1. The lowest BCUT2D eigenvalue weighted by Crippen LogP contribution is -2.44. The molecule has 29 heavy (non-hydrogen) atoms. The fourth-order valence-corrected chi connectivity index (χ4v) is 3.52. The number of carbonyl (C=O) groups excluding carboxylic acids is 1. The fourth-order valence-electron chi connectivity index (χ4n) is 3.52. The number of hydrogen-bond donors (Lipinski definition) is 2. The van der Waals surface area contributed by atoms with E-state index in [1.165, 1.54) is 6.07 Å². The van der Waals surface area contributed by atoms with Gasteiger partial charge in [0.05, 0.1) is 29.7 Å². The minimum atomic E-state index is -0.564. The standard InChI is InChI=1S/C20H26FN5O.C2H6/c1-11-8-13(6-7-14(11)21)18-17(19(23)27)15-9-25(12(2)22)10-16(20(3,4)5)26(15)24-18;1-2/h6-8,16H,2,9-10,22H2,1,3-5H3,(H2,23,27);1-2H3. The summed E-state index contributed by atoms with van der Waals surface area (Å²) >= 11 is 0. The van der Waals surface area contributed by atoms with Crippen molar-refractivity contribution in [3.8, 4) is 11.3 Å². The third-order valence-corrected chi connectivity index (χ3v) is 5.12. The SMILES string of the molecule is C=C(N)N1Cc2c(C(N)=O)c(-c3ccc(F)c(C)c3)nn2C(C(C)(C)C)C1.CC. The molecule has 1 amide bonds. The van der Waals surface area contributed by atoms with Crippen LogP contribution in [0.25, 0.3) is 11.3 Å². The molecule has 3 rings (SSSR count). The Morgan fingerprint density at radius 1 is 1.28 bits per heavy atom. The van der Waals surface area contributed by atoms with Gasteiger partial charge in [0.15, 0.2) is 0 Å². The van der Waals surface area contributed by atoms with Crippen LogP contribution in [-0.4, -0.2) is 27.1 Å². The van der Waals surface area contributed by atoms with Crippen molar-refractivity contribution in [2.24, 2.45) is 16.9 Å². The first-order valence-electron chi connectivity index (χ1n) is 9.87. The van der Waals surface area contributed by atoms with Crippen molar-refractivity contribution in [3.05, 3.63) is 53.2 Å². The first-order valence-corrected chi connectivity index (χ1v) is 9.87. The molecule has 1 aliphatic heterocycles. The zero-order chi connectivity index (χ0) is 22.1. The molecule has 4 N–H and O–H groups in total. The van der Waals surface area contributed by atoms with E-state index in [-0.39, 0.29) is 17.3 Å². The van der Waals surface area contributed by atoms with E-state index >= 15 is 0 Å². The Labute approximate surface area is 172 Å². The molecule has 1 aromatic carbocycles. The smallest absolute Gasteiger partial charge is 0.252 e. The van der Waals surface area contributed by atoms with Gasteiger partial charge in [-0.05, 0) is 36.1 Å². The van der Waals surface area contributed by atoms with Crippen molar-refractivity contribution in [2.75, 3.05) is 6.54 Å². The fraction of sp³-hybridized carbons (Fsp3) is 0.455. The lowest BCUT2D eigenvalue weighted by Gasteiger charge is -2.41. The molecule has 1 aromatic heterocycles. The lowest BCUT2D eigenvalue weighted by atomic mass is 9.85. The van der Waals surface area contributed by atoms with Crippen LogP contribution in [0.4, 0.5) is 4.39 Å². The molecule has 0 radical (unpaired) electrons. The normalized spacial score (nSPS) is 16.0. The molecule has 1 atom stereocenters. The maximum Gasteiger partial charge on any atom is 0.252 e. The second-order valence-corrected chi connectivity index (χ2v) is 8.20. The van der Waals surface area contributed by atoms with E-state index in [9.17, 15) is 9.18 Å². The average Bonchev–Trinajstić information content (AvgIpc) is 3.03. The third-order valence-electron chi connectivity index (χ3n) is 5.12. The van der Waals surface area contributed by atoms with E-state index in [0.29, 0.717) is 47.0 Å². The maximum atomic E-state index is 13.7. The highest BCUT2D eigenvalue weighted by atomic mass is 19.1. The number of aryl methyl sites for hydroxylation is 1. The predicted octanol–water partition coefficient (Wildman–Crippen LogP) is 3.96. The van der Waals surface area contributed by atoms with Gasteiger partial charge in [0.25, 0.3) is 5.91 Å². The number of amides is 1. The Morgan fingerprint density at radius 2 is 1.90 bits per heavy atom. The van der Waals surface area contributed by atoms with Crippen LogP contribution in [0.15, 0.2) is 30.6 Å². The van der Waals surface area contributed by atoms with Gasteiger partial charge in [0, 0.05) is 12.1 Å². The minimum absolute atomic E-state index is 0.0325. The van der Waals surface area contributed by atoms with Gasteiger partial charge in [-0.25, -0.2) is 4.39 Å². The largest absolute Gasteiger partial charge is 0.386 e. The minimum Gasteiger partial charge on any atom is -0.386 e. The number of carbonyl (C=O) groups is 1. The van der Waals surface area contributed by atoms with Gasteiger partial charge in [-0.2, -0.15) is 5.10 Å². The Kier molecular flexibility index (Phi) is 6.40. The molecule has 0 saturated carbocycles. The van der Waals surface area contributed by atoms with E-state index in [0.717, 1.165) is 0 Å². The third kappa shape index (κ3) is 4.28. The molecular weight excluding hydrogens is 369 g/mol. The predicted molar refractivity (Wildman–Crippen MR) is 114 cm³/mol. The van der Waals surface area contributed by atoms with Crippen LogP contribution >= 0.6 is 0 Å². The summed E-state index contributed by atoms with van der Waals surface area (Å²) in [5, 5.41) is 4.75. The van der Waals surface area contributed by atoms with Crippen molar-refractivity contribution < 1.29 is 9.18 Å². The molecule has 7 heteroatoms. The number of nitrogens with two attached hydrogens (primary N) is 2. The number of nitrogens with zero attached hydrogens (tertiary/aromatic N) is 3. The van der Waals surface area contributed by atoms with E-state index in [4.69, 9.17) is 16.6 Å². The molecule has 0 fully saturated rings. The summed E-state index contributed by atoms with van der Waals surface area (Å²) in [7, 11) is 0. The van der Waals surface area contributed by atoms with Crippen molar-refractivity contribution in [2.45, 2.75) is 54.1 Å². The zero-order valence-corrected chi connectivity index (χ0v) is 18.2. The summed E-state index contributed by atoms with van der Waals surface area (Å²) in [5.74, 6) is -0.432. The van der Waals surface area contributed by atoms with Gasteiger partial charge in [0.2, 0.25) is 0 Å². The second-order valence-electron chi connectivity index (χ2n) is 8.20. The number of halogens is 1. The van der Waals surface area contributed by atoms with Crippen LogP contribution in [-0.2, 0) is 6.54 Å². The molecule has 0 spiro atoms. The van der Waals surface area contributed by atoms with Gasteiger partial charge in [-0.15, -0.1) is 0 Å². The van der Waals surface area contributed by atoms with E-state index in [2.05, 4.69) is 27.4 Å². The first kappa shape index (κ1) is 22.5. The van der Waals surface area contributed by atoms with Crippen molar-refractivity contribution in [1.82, 2.24) is 14.7 Å². The molecule has 0 bridgehead atoms. The van der Waals surface area contributed by atoms with E-state index in [1.807, 2.05) is 23.4 Å². The Bertz CT molecular complexity index is 926. The molecular formula is C22H32FN5O. The quantitative estimate of drug-likeness (QED) is 0.815. The first-order chi connectivity index (χ1) is 13.5. The maximum absolute atomic E-state index is 13.7. The number of hydrogen-bond acceptors (Lipinski definition) is 4. The summed E-state index contributed by atoms with van der Waals surface area (Å²) in [5.41, 5.74) is 14.2. The molecule has 1 unspecified atom stereocenters. The van der Waals surface area contributed by atoms with E-state index < -0.39 is 5.91 Å². The van der Waals surface area contributed by atoms with Crippen molar-refractivity contribution in [1.29, 1.82) is 0 Å². The summed E-state index contributed by atoms with van der Waals surface area (Å²) in [6.07, 6.45) is 0. The molecule has 6 nitrogen and oxygen atoms in total. The Balaban J connectivity index is 0.00000145. The van der Waals surface area contributed by atoms with Gasteiger partial charge in [-0.3, -0.25) is 9.48 Å².